The zero-order valence-corrected chi connectivity index (χ0v) is 21.7. The van der Waals surface area contributed by atoms with E-state index >= 15 is 0 Å². The van der Waals surface area contributed by atoms with E-state index in [1.165, 1.54) is 31.0 Å². The number of aromatic nitrogens is 4. The highest BCUT2D eigenvalue weighted by atomic mass is 79.9. The van der Waals surface area contributed by atoms with Gasteiger partial charge in [0.05, 0.1) is 18.4 Å². The number of halogens is 2. The lowest BCUT2D eigenvalue weighted by molar-refractivity contribution is -0.119. The molecule has 2 aromatic heterocycles. The van der Waals surface area contributed by atoms with Crippen LogP contribution in [0.4, 0.5) is 10.1 Å². The quantitative estimate of drug-likeness (QED) is 0.178. The van der Waals surface area contributed by atoms with Crippen molar-refractivity contribution in [3.05, 3.63) is 58.8 Å². The molecule has 0 radical (unpaired) electrons. The molecule has 35 heavy (non-hydrogen) atoms. The van der Waals surface area contributed by atoms with Crippen LogP contribution in [0, 0.1) is 5.82 Å². The molecule has 0 aliphatic rings. The molecule has 0 spiro atoms. The molecule has 13 heteroatoms. The minimum absolute atomic E-state index is 0.0770. The molecule has 180 valence electrons. The zero-order chi connectivity index (χ0) is 24.9. The lowest BCUT2D eigenvalue weighted by Crippen LogP contribution is -2.44. The Morgan fingerprint density at radius 1 is 1.17 bits per heavy atom. The van der Waals surface area contributed by atoms with Crippen molar-refractivity contribution in [1.82, 2.24) is 30.6 Å². The van der Waals surface area contributed by atoms with Crippen LogP contribution in [0.2, 0.25) is 0 Å². The van der Waals surface area contributed by atoms with E-state index in [4.69, 9.17) is 17.0 Å². The molecule has 1 amide bonds. The highest BCUT2D eigenvalue weighted by Crippen LogP contribution is 2.30. The zero-order valence-electron chi connectivity index (χ0n) is 18.5. The maximum absolute atomic E-state index is 13.6. The number of hydrazine groups is 1. The van der Waals surface area contributed by atoms with Gasteiger partial charge in [-0.1, -0.05) is 27.7 Å². The van der Waals surface area contributed by atoms with Crippen molar-refractivity contribution in [3.8, 4) is 17.3 Å². The summed E-state index contributed by atoms with van der Waals surface area (Å²) < 4.78 is 21.7. The van der Waals surface area contributed by atoms with E-state index in [0.717, 1.165) is 10.2 Å². The lowest BCUT2D eigenvalue weighted by atomic mass is 10.1. The normalized spacial score (nSPS) is 10.7. The van der Waals surface area contributed by atoms with Crippen LogP contribution in [0.1, 0.15) is 0 Å². The summed E-state index contributed by atoms with van der Waals surface area (Å²) in [5.74, 6) is 0.357. The SMILES string of the molecule is COc1cc(-c2nnc(SCC(=O)NNC(=S)Nc3ccc(Br)cc3)n2C)nc2ccc(F)cc12. The number of carbonyl (C=O) groups is 1. The Labute approximate surface area is 218 Å². The van der Waals surface area contributed by atoms with Crippen LogP contribution in [0.15, 0.2) is 58.2 Å². The first kappa shape index (κ1) is 24.8. The number of anilines is 1. The van der Waals surface area contributed by atoms with E-state index in [2.05, 4.69) is 47.3 Å². The molecule has 9 nitrogen and oxygen atoms in total. The molecule has 0 aliphatic carbocycles. The third kappa shape index (κ3) is 6.05. The van der Waals surface area contributed by atoms with E-state index < -0.39 is 0 Å². The van der Waals surface area contributed by atoms with Crippen molar-refractivity contribution in [1.29, 1.82) is 0 Å². The molecule has 4 rings (SSSR count). The van der Waals surface area contributed by atoms with Crippen molar-refractivity contribution in [2.75, 3.05) is 18.2 Å². The third-order valence-corrected chi connectivity index (χ3v) is 6.52. The number of benzene rings is 2. The second-order valence-corrected chi connectivity index (χ2v) is 9.43. The highest BCUT2D eigenvalue weighted by Gasteiger charge is 2.17. The van der Waals surface area contributed by atoms with Crippen LogP contribution in [-0.2, 0) is 11.8 Å². The Morgan fingerprint density at radius 3 is 2.69 bits per heavy atom. The molecule has 0 aliphatic heterocycles. The molecule has 0 saturated carbocycles. The van der Waals surface area contributed by atoms with Crippen LogP contribution in [0.5, 0.6) is 5.75 Å². The molecular weight excluding hydrogens is 557 g/mol. The number of thiocarbonyl (C=S) groups is 1. The fourth-order valence-corrected chi connectivity index (χ4v) is 4.25. The van der Waals surface area contributed by atoms with E-state index in [-0.39, 0.29) is 22.6 Å². The Hall–Kier alpha value is -3.29. The summed E-state index contributed by atoms with van der Waals surface area (Å²) in [4.78, 5) is 16.8. The summed E-state index contributed by atoms with van der Waals surface area (Å²) in [6.07, 6.45) is 0. The first-order chi connectivity index (χ1) is 16.8. The summed E-state index contributed by atoms with van der Waals surface area (Å²) in [5, 5.41) is 12.7. The van der Waals surface area contributed by atoms with E-state index in [1.807, 2.05) is 24.3 Å². The Balaban J connectivity index is 1.37. The van der Waals surface area contributed by atoms with Gasteiger partial charge in [-0.05, 0) is 54.7 Å². The molecule has 0 atom stereocenters. The van der Waals surface area contributed by atoms with Gasteiger partial charge in [0.15, 0.2) is 16.1 Å². The molecule has 0 saturated heterocycles. The van der Waals surface area contributed by atoms with Gasteiger partial charge >= 0.3 is 0 Å². The number of ether oxygens (including phenoxy) is 1. The van der Waals surface area contributed by atoms with Gasteiger partial charge in [0.25, 0.3) is 0 Å². The van der Waals surface area contributed by atoms with Gasteiger partial charge in [-0.2, -0.15) is 0 Å². The number of hydrogen-bond donors (Lipinski definition) is 3. The first-order valence-electron chi connectivity index (χ1n) is 10.1. The smallest absolute Gasteiger partial charge is 0.248 e. The average molecular weight is 576 g/mol. The fourth-order valence-electron chi connectivity index (χ4n) is 3.10. The number of amides is 1. The lowest BCUT2D eigenvalue weighted by Gasteiger charge is -2.11. The second-order valence-electron chi connectivity index (χ2n) is 7.16. The van der Waals surface area contributed by atoms with Crippen LogP contribution in [0.3, 0.4) is 0 Å². The summed E-state index contributed by atoms with van der Waals surface area (Å²) in [5.41, 5.74) is 7.07. The fraction of sp³-hybridized carbons (Fsp3) is 0.136. The Morgan fingerprint density at radius 2 is 1.94 bits per heavy atom. The number of hydrogen-bond acceptors (Lipinski definition) is 7. The average Bonchev–Trinajstić information content (AvgIpc) is 3.22. The van der Waals surface area contributed by atoms with Gasteiger partial charge in [-0.25, -0.2) is 9.37 Å². The van der Waals surface area contributed by atoms with Crippen LogP contribution in [0.25, 0.3) is 22.4 Å². The number of carbonyl (C=O) groups excluding carboxylic acids is 1. The number of methoxy groups -OCH3 is 1. The van der Waals surface area contributed by atoms with Crippen LogP contribution in [-0.4, -0.2) is 43.6 Å². The standard InChI is InChI=1S/C22H19BrFN7O2S2/c1-31-20(17-10-18(33-2)15-9-13(24)5-8-16(15)26-17)28-30-22(31)35-11-19(32)27-29-21(34)25-14-6-3-12(23)4-7-14/h3-10H,11H2,1-2H3,(H,27,32)(H2,25,29,34). The minimum Gasteiger partial charge on any atom is -0.496 e. The Kier molecular flexibility index (Phi) is 7.78. The van der Waals surface area contributed by atoms with Crippen molar-refractivity contribution in [2.24, 2.45) is 7.05 Å². The van der Waals surface area contributed by atoms with Gasteiger partial charge in [0, 0.05) is 28.7 Å². The van der Waals surface area contributed by atoms with Gasteiger partial charge in [0.1, 0.15) is 17.3 Å². The largest absolute Gasteiger partial charge is 0.496 e. The van der Waals surface area contributed by atoms with Crippen molar-refractivity contribution < 1.29 is 13.9 Å². The van der Waals surface area contributed by atoms with Crippen LogP contribution >= 0.6 is 39.9 Å². The van der Waals surface area contributed by atoms with Gasteiger partial charge < -0.3 is 14.6 Å². The molecule has 2 aromatic carbocycles. The topological polar surface area (TPSA) is 106 Å². The predicted octanol–water partition coefficient (Wildman–Crippen LogP) is 4.05. The van der Waals surface area contributed by atoms with Crippen molar-refractivity contribution in [2.45, 2.75) is 5.16 Å². The van der Waals surface area contributed by atoms with Crippen molar-refractivity contribution >= 4 is 67.5 Å². The van der Waals surface area contributed by atoms with Gasteiger partial charge in [-0.3, -0.25) is 15.6 Å². The molecule has 0 unspecified atom stereocenters. The molecule has 0 bridgehead atoms. The molecular formula is C22H19BrFN7O2S2. The monoisotopic (exact) mass is 575 g/mol. The summed E-state index contributed by atoms with van der Waals surface area (Å²) in [7, 11) is 3.28. The Bertz CT molecular complexity index is 1400. The van der Waals surface area contributed by atoms with E-state index in [1.54, 1.807) is 23.7 Å². The predicted molar refractivity (Wildman–Crippen MR) is 141 cm³/mol. The maximum atomic E-state index is 13.6. The molecule has 3 N–H and O–H groups in total. The van der Waals surface area contributed by atoms with Gasteiger partial charge in [0.2, 0.25) is 5.91 Å². The number of nitrogens with one attached hydrogen (secondary N) is 3. The summed E-state index contributed by atoms with van der Waals surface area (Å²) in [6, 6.07) is 13.4. The number of pyridine rings is 1. The first-order valence-corrected chi connectivity index (χ1v) is 12.3. The second kappa shape index (κ2) is 11.0. The van der Waals surface area contributed by atoms with E-state index in [9.17, 15) is 9.18 Å². The maximum Gasteiger partial charge on any atom is 0.248 e. The number of rotatable bonds is 6. The number of nitrogens with zero attached hydrogens (tertiary/aromatic N) is 4. The summed E-state index contributed by atoms with van der Waals surface area (Å²) in [6.45, 7) is 0. The van der Waals surface area contributed by atoms with E-state index in [0.29, 0.717) is 33.3 Å². The molecule has 4 aromatic rings. The minimum atomic E-state index is -0.375. The highest BCUT2D eigenvalue weighted by molar-refractivity contribution is 9.10. The number of fused-ring (bicyclic) bond motifs is 1. The summed E-state index contributed by atoms with van der Waals surface area (Å²) >= 11 is 9.76. The van der Waals surface area contributed by atoms with Crippen molar-refractivity contribution in [3.63, 3.8) is 0 Å². The molecule has 0 fully saturated rings. The van der Waals surface area contributed by atoms with Crippen LogP contribution < -0.4 is 20.9 Å². The number of thioether (sulfide) groups is 1. The van der Waals surface area contributed by atoms with Gasteiger partial charge in [-0.15, -0.1) is 10.2 Å². The third-order valence-electron chi connectivity index (χ3n) is 4.77. The molecule has 2 heterocycles.